The van der Waals surface area contributed by atoms with E-state index in [-0.39, 0.29) is 5.41 Å². The highest BCUT2D eigenvalue weighted by Crippen LogP contribution is 2.63. The van der Waals surface area contributed by atoms with Crippen molar-refractivity contribution in [2.75, 3.05) is 16.3 Å². The van der Waals surface area contributed by atoms with E-state index in [1.165, 1.54) is 89.8 Å². The van der Waals surface area contributed by atoms with Crippen LogP contribution in [0.25, 0.3) is 33.3 Å². The Labute approximate surface area is 429 Å². The van der Waals surface area contributed by atoms with Gasteiger partial charge in [-0.1, -0.05) is 191 Å². The number of aryl methyl sites for hydroxylation is 2. The maximum absolute atomic E-state index is 4.50. The maximum Gasteiger partial charge on any atom is 0.0732 e. The number of aromatic nitrogens is 1. The predicted octanol–water partition coefficient (Wildman–Crippen LogP) is 17.9. The molecule has 0 saturated carbocycles. The quantitative estimate of drug-likeness (QED) is 0.120. The van der Waals surface area contributed by atoms with Crippen LogP contribution in [0.15, 0.2) is 260 Å². The van der Waals surface area contributed by atoms with Gasteiger partial charge in [0.05, 0.1) is 23.4 Å². The second kappa shape index (κ2) is 21.9. The fourth-order valence-corrected chi connectivity index (χ4v) is 10.7. The van der Waals surface area contributed by atoms with Gasteiger partial charge in [0.1, 0.15) is 0 Å². The summed E-state index contributed by atoms with van der Waals surface area (Å²) in [6, 6.07) is 58.6. The highest BCUT2D eigenvalue weighted by molar-refractivity contribution is 5.94. The first-order valence-electron chi connectivity index (χ1n) is 25.7. The summed E-state index contributed by atoms with van der Waals surface area (Å²) in [5, 5.41) is 1.27. The van der Waals surface area contributed by atoms with Crippen LogP contribution in [0.4, 0.5) is 17.1 Å². The zero-order chi connectivity index (χ0) is 50.2. The molecule has 1 aromatic heterocycles. The Hall–Kier alpha value is -8.08. The number of allylic oxidation sites excluding steroid dienone is 12. The molecule has 1 atom stereocenters. The van der Waals surface area contributed by atoms with Crippen molar-refractivity contribution in [2.24, 2.45) is 12.5 Å². The van der Waals surface area contributed by atoms with Crippen molar-refractivity contribution < 1.29 is 0 Å². The van der Waals surface area contributed by atoms with Gasteiger partial charge in [0.15, 0.2) is 0 Å². The van der Waals surface area contributed by atoms with E-state index >= 15 is 0 Å². The molecule has 360 valence electrons. The fraction of sp³-hybridized carbons (Fsp3) is 0.176. The van der Waals surface area contributed by atoms with E-state index < -0.39 is 0 Å². The minimum atomic E-state index is -0.0845. The monoisotopic (exact) mass is 941 g/mol. The average molecular weight is 941 g/mol. The van der Waals surface area contributed by atoms with Crippen LogP contribution in [0.3, 0.4) is 0 Å². The van der Waals surface area contributed by atoms with Gasteiger partial charge in [-0.3, -0.25) is 0 Å². The molecule has 4 nitrogen and oxygen atoms in total. The van der Waals surface area contributed by atoms with Crippen LogP contribution in [-0.2, 0) is 13.6 Å². The molecule has 72 heavy (non-hydrogen) atoms. The smallest absolute Gasteiger partial charge is 0.0732 e. The molecule has 0 fully saturated rings. The Morgan fingerprint density at radius 3 is 2.12 bits per heavy atom. The van der Waals surface area contributed by atoms with Crippen molar-refractivity contribution >= 4 is 39.2 Å². The van der Waals surface area contributed by atoms with Crippen LogP contribution in [0.1, 0.15) is 69.3 Å². The minimum absolute atomic E-state index is 0.0845. The van der Waals surface area contributed by atoms with Gasteiger partial charge in [0.25, 0.3) is 0 Å². The molecule has 0 bridgehead atoms. The van der Waals surface area contributed by atoms with E-state index in [4.69, 9.17) is 0 Å². The number of nitrogens with zero attached hydrogens (tertiary/aromatic N) is 4. The van der Waals surface area contributed by atoms with Crippen LogP contribution >= 0.6 is 0 Å². The second-order valence-corrected chi connectivity index (χ2v) is 18.7. The average Bonchev–Trinajstić information content (AvgIpc) is 3.74. The highest BCUT2D eigenvalue weighted by atomic mass is 15.3. The third-order valence-corrected chi connectivity index (χ3v) is 14.0. The van der Waals surface area contributed by atoms with Gasteiger partial charge < -0.3 is 19.3 Å². The van der Waals surface area contributed by atoms with Crippen LogP contribution < -0.4 is 9.80 Å². The maximum atomic E-state index is 4.50. The summed E-state index contributed by atoms with van der Waals surface area (Å²) in [7, 11) is 2.17. The van der Waals surface area contributed by atoms with Gasteiger partial charge >= 0.3 is 0 Å². The number of anilines is 3. The normalized spacial score (nSPS) is 18.0. The molecule has 4 heterocycles. The van der Waals surface area contributed by atoms with E-state index in [9.17, 15) is 0 Å². The summed E-state index contributed by atoms with van der Waals surface area (Å²) in [5.41, 5.74) is 21.3. The van der Waals surface area contributed by atoms with Crippen LogP contribution in [0.5, 0.6) is 0 Å². The van der Waals surface area contributed by atoms with Gasteiger partial charge in [-0.05, 0) is 121 Å². The molecular weight excluding hydrogens is 873 g/mol. The number of benzene rings is 6. The van der Waals surface area contributed by atoms with E-state index in [1.807, 2.05) is 13.8 Å². The minimum Gasteiger partial charge on any atom is -0.342 e. The fourth-order valence-electron chi connectivity index (χ4n) is 10.7. The van der Waals surface area contributed by atoms with Gasteiger partial charge in [0.2, 0.25) is 0 Å². The van der Waals surface area contributed by atoms with E-state index in [1.54, 1.807) is 0 Å². The summed E-state index contributed by atoms with van der Waals surface area (Å²) in [6.07, 6.45) is 22.9. The molecule has 0 amide bonds. The van der Waals surface area contributed by atoms with Crippen molar-refractivity contribution in [1.29, 1.82) is 0 Å². The predicted molar refractivity (Wildman–Crippen MR) is 310 cm³/mol. The summed E-state index contributed by atoms with van der Waals surface area (Å²) in [4.78, 5) is 7.44. The highest BCUT2D eigenvalue weighted by Gasteiger charge is 2.55. The Bertz CT molecular complexity index is 3320. The SMILES string of the molecule is C/C=C\C1=C(c2cc3ccccc3n2C)N(c2ccccc2)/C(=C/C=C\CC)C1.C=CCC12C=C1N(Cc1cc(C)cc(-c3ccccc3)c1)C1=C2/C=C\C(=C)c2ccccc2N(c2ccccc2)C1.CC. The molecule has 0 spiro atoms. The Kier molecular flexibility index (Phi) is 14.9. The zero-order valence-electron chi connectivity index (χ0n) is 43.0. The third kappa shape index (κ3) is 9.70. The summed E-state index contributed by atoms with van der Waals surface area (Å²) in [5.74, 6) is 0. The number of hydrogen-bond acceptors (Lipinski definition) is 3. The first-order valence-corrected chi connectivity index (χ1v) is 25.7. The third-order valence-electron chi connectivity index (χ3n) is 14.0. The Morgan fingerprint density at radius 2 is 1.42 bits per heavy atom. The van der Waals surface area contributed by atoms with Crippen molar-refractivity contribution in [1.82, 2.24) is 9.47 Å². The van der Waals surface area contributed by atoms with Crippen LogP contribution in [0.2, 0.25) is 0 Å². The molecule has 7 aromatic rings. The summed E-state index contributed by atoms with van der Waals surface area (Å²) < 4.78 is 2.31. The van der Waals surface area contributed by atoms with E-state index in [0.717, 1.165) is 43.5 Å². The topological polar surface area (TPSA) is 14.7 Å². The molecule has 0 radical (unpaired) electrons. The summed E-state index contributed by atoms with van der Waals surface area (Å²) in [6.45, 7) is 20.7. The molecule has 3 aliphatic heterocycles. The lowest BCUT2D eigenvalue weighted by Gasteiger charge is -2.32. The molecule has 6 aromatic carbocycles. The van der Waals surface area contributed by atoms with Crippen LogP contribution in [-0.4, -0.2) is 16.0 Å². The molecule has 4 heteroatoms. The van der Waals surface area contributed by atoms with E-state index in [2.05, 4.69) is 279 Å². The van der Waals surface area contributed by atoms with Gasteiger partial charge in [-0.25, -0.2) is 0 Å². The van der Waals surface area contributed by atoms with Crippen molar-refractivity contribution in [2.45, 2.75) is 60.4 Å². The molecule has 0 saturated heterocycles. The lowest BCUT2D eigenvalue weighted by Crippen LogP contribution is -2.28. The van der Waals surface area contributed by atoms with Crippen molar-refractivity contribution in [3.8, 4) is 11.1 Å². The number of fused-ring (bicyclic) bond motifs is 4. The molecule has 11 rings (SSSR count). The molecular formula is C68H68N4. The number of para-hydroxylation sites is 4. The Balaban J connectivity index is 0.000000182. The van der Waals surface area contributed by atoms with Crippen molar-refractivity contribution in [3.05, 3.63) is 282 Å². The molecule has 0 N–H and O–H groups in total. The first-order chi connectivity index (χ1) is 35.3. The van der Waals surface area contributed by atoms with Crippen LogP contribution in [0, 0.1) is 12.3 Å². The molecule has 1 aliphatic carbocycles. The largest absolute Gasteiger partial charge is 0.342 e. The standard InChI is InChI=1S/C39H34N2.C27H28N2.C2H6/c1-4-21-39-25-38(39)41(26-30-22-28(2)23-32(24-30)31-13-7-5-8-14-31)37-27-40(33-15-9-6-10-16-33)36-18-12-11-17-34(36)29(3)19-20-35(37)39;1-4-6-8-17-24-19-22(13-5-2)27(29(24)23-15-9-7-10-16-23)26-20-21-14-11-12-18-25(21)28(26)3;1-2/h4-20,22-25H,1,3,21,26-27H2,2H3;5-18,20H,4,19H2,1-3H3;1-2H3/b20-19-;8-6-,13-5-,24-17+;. The zero-order valence-corrected chi connectivity index (χ0v) is 43.0. The number of rotatable bonds is 11. The second-order valence-electron chi connectivity index (χ2n) is 18.7. The summed E-state index contributed by atoms with van der Waals surface area (Å²) >= 11 is 0. The molecule has 4 aliphatic rings. The Morgan fingerprint density at radius 1 is 0.736 bits per heavy atom. The van der Waals surface area contributed by atoms with Gasteiger partial charge in [-0.15, -0.1) is 6.58 Å². The van der Waals surface area contributed by atoms with Gasteiger partial charge in [0, 0.05) is 70.6 Å². The number of hydrogen-bond donors (Lipinski definition) is 0. The lowest BCUT2D eigenvalue weighted by atomic mass is 9.88. The lowest BCUT2D eigenvalue weighted by molar-refractivity contribution is 0.427. The van der Waals surface area contributed by atoms with Gasteiger partial charge in [-0.2, -0.15) is 0 Å². The molecule has 1 unspecified atom stereocenters. The van der Waals surface area contributed by atoms with Crippen molar-refractivity contribution in [3.63, 3.8) is 0 Å². The van der Waals surface area contributed by atoms with E-state index in [0.29, 0.717) is 0 Å². The first kappa shape index (κ1) is 48.9.